The minimum absolute atomic E-state index is 0.179. The fourth-order valence-electron chi connectivity index (χ4n) is 1.23. The van der Waals surface area contributed by atoms with E-state index in [9.17, 15) is 0 Å². The lowest BCUT2D eigenvalue weighted by Gasteiger charge is -2.20. The van der Waals surface area contributed by atoms with Crippen LogP contribution in [0.25, 0.3) is 0 Å². The number of nitrogens with zero attached hydrogens (tertiary/aromatic N) is 1. The number of benzene rings is 1. The lowest BCUT2D eigenvalue weighted by Crippen LogP contribution is -2.27. The smallest absolute Gasteiger partial charge is 0.169 e. The van der Waals surface area contributed by atoms with E-state index >= 15 is 0 Å². The van der Waals surface area contributed by atoms with Crippen molar-refractivity contribution in [1.82, 2.24) is 4.90 Å². The third kappa shape index (κ3) is 3.60. The molecule has 1 aromatic carbocycles. The van der Waals surface area contributed by atoms with Crippen LogP contribution in [0.3, 0.4) is 0 Å². The van der Waals surface area contributed by atoms with Gasteiger partial charge in [0.15, 0.2) is 6.29 Å². The molecule has 14 heavy (non-hydrogen) atoms. The van der Waals surface area contributed by atoms with Crippen molar-refractivity contribution in [3.05, 3.63) is 48.7 Å². The molecule has 0 saturated heterocycles. The van der Waals surface area contributed by atoms with Gasteiger partial charge in [-0.15, -0.1) is 0 Å². The molecule has 0 unspecified atom stereocenters. The van der Waals surface area contributed by atoms with Crippen molar-refractivity contribution in [2.75, 3.05) is 6.54 Å². The molecular weight excluding hydrogens is 178 g/mol. The monoisotopic (exact) mass is 193 g/mol. The average molecular weight is 193 g/mol. The number of aliphatic hydroxyl groups excluding tert-OH is 1. The van der Waals surface area contributed by atoms with Crippen LogP contribution in [0.15, 0.2) is 43.1 Å². The van der Waals surface area contributed by atoms with Crippen molar-refractivity contribution >= 4 is 0 Å². The van der Waals surface area contributed by atoms with Crippen molar-refractivity contribution in [1.29, 1.82) is 0 Å². The van der Waals surface area contributed by atoms with Crippen LogP contribution in [0.5, 0.6) is 0 Å². The van der Waals surface area contributed by atoms with Crippen LogP contribution < -0.4 is 0 Å². The van der Waals surface area contributed by atoms with Crippen LogP contribution in [0.2, 0.25) is 0 Å². The van der Waals surface area contributed by atoms with Crippen molar-refractivity contribution < 1.29 is 10.2 Å². The van der Waals surface area contributed by atoms with Crippen molar-refractivity contribution in [2.45, 2.75) is 12.8 Å². The van der Waals surface area contributed by atoms with E-state index in [1.165, 1.54) is 0 Å². The van der Waals surface area contributed by atoms with Gasteiger partial charge >= 0.3 is 0 Å². The molecular formula is C11H15NO2. The summed E-state index contributed by atoms with van der Waals surface area (Å²) in [5.41, 5.74) is 1.12. The first-order valence-corrected chi connectivity index (χ1v) is 4.49. The minimum Gasteiger partial charge on any atom is -0.369 e. The molecule has 76 valence electrons. The molecule has 1 rings (SSSR count). The minimum atomic E-state index is -1.32. The maximum atomic E-state index is 8.80. The Morgan fingerprint density at radius 1 is 1.29 bits per heavy atom. The Balaban J connectivity index is 2.53. The molecule has 0 atom stereocenters. The zero-order chi connectivity index (χ0) is 10.4. The highest BCUT2D eigenvalue weighted by atomic mass is 16.5. The first-order chi connectivity index (χ1) is 6.72. The average Bonchev–Trinajstić information content (AvgIpc) is 2.17. The van der Waals surface area contributed by atoms with Gasteiger partial charge < -0.3 is 15.1 Å². The molecule has 0 aliphatic carbocycles. The quantitative estimate of drug-likeness (QED) is 0.684. The lowest BCUT2D eigenvalue weighted by atomic mass is 10.2. The van der Waals surface area contributed by atoms with Gasteiger partial charge in [-0.25, -0.2) is 0 Å². The Labute approximate surface area is 83.9 Å². The molecule has 3 nitrogen and oxygen atoms in total. The van der Waals surface area contributed by atoms with Gasteiger partial charge in [0.2, 0.25) is 0 Å². The summed E-state index contributed by atoms with van der Waals surface area (Å²) in [6.45, 7) is 4.43. The number of hydrogen-bond donors (Lipinski definition) is 2. The second kappa shape index (κ2) is 5.42. The fourth-order valence-corrected chi connectivity index (χ4v) is 1.23. The van der Waals surface area contributed by atoms with Gasteiger partial charge in [0.1, 0.15) is 0 Å². The van der Waals surface area contributed by atoms with E-state index < -0.39 is 6.29 Å². The van der Waals surface area contributed by atoms with E-state index in [-0.39, 0.29) is 6.54 Å². The molecule has 0 bridgehead atoms. The largest absolute Gasteiger partial charge is 0.369 e. The molecule has 0 amide bonds. The molecule has 0 saturated carbocycles. The third-order valence-corrected chi connectivity index (χ3v) is 1.88. The molecule has 0 aliphatic rings. The Bertz CT molecular complexity index is 272. The summed E-state index contributed by atoms with van der Waals surface area (Å²) in [7, 11) is 0. The van der Waals surface area contributed by atoms with Crippen LogP contribution in [0, 0.1) is 0 Å². The summed E-state index contributed by atoms with van der Waals surface area (Å²) >= 11 is 0. The predicted octanol–water partition coefficient (Wildman–Crippen LogP) is 0.943. The number of rotatable bonds is 5. The maximum absolute atomic E-state index is 8.80. The molecule has 0 radical (unpaired) electrons. The zero-order valence-corrected chi connectivity index (χ0v) is 8.00. The zero-order valence-electron chi connectivity index (χ0n) is 8.00. The summed E-state index contributed by atoms with van der Waals surface area (Å²) in [5, 5.41) is 17.6. The van der Waals surface area contributed by atoms with E-state index in [0.29, 0.717) is 6.54 Å². The molecule has 0 spiro atoms. The third-order valence-electron chi connectivity index (χ3n) is 1.88. The van der Waals surface area contributed by atoms with E-state index in [0.717, 1.165) is 5.56 Å². The van der Waals surface area contributed by atoms with Crippen molar-refractivity contribution in [3.63, 3.8) is 0 Å². The van der Waals surface area contributed by atoms with Gasteiger partial charge in [-0.05, 0) is 11.8 Å². The highest BCUT2D eigenvalue weighted by Crippen LogP contribution is 2.04. The Kier molecular flexibility index (Phi) is 4.16. The number of hydrogen-bond acceptors (Lipinski definition) is 3. The van der Waals surface area contributed by atoms with Gasteiger partial charge in [-0.2, -0.15) is 0 Å². The molecule has 0 aromatic heterocycles. The van der Waals surface area contributed by atoms with E-state index in [2.05, 4.69) is 6.58 Å². The molecule has 3 heteroatoms. The predicted molar refractivity (Wildman–Crippen MR) is 55.3 cm³/mol. The van der Waals surface area contributed by atoms with Crippen molar-refractivity contribution in [3.8, 4) is 0 Å². The molecule has 0 aliphatic heterocycles. The lowest BCUT2D eigenvalue weighted by molar-refractivity contribution is -0.0551. The normalized spacial score (nSPS) is 10.2. The Morgan fingerprint density at radius 3 is 2.43 bits per heavy atom. The molecule has 0 heterocycles. The molecule has 1 aromatic rings. The van der Waals surface area contributed by atoms with Crippen LogP contribution >= 0.6 is 0 Å². The SMILES string of the molecule is C=CN(Cc1ccccc1)CC(O)O. The Hall–Kier alpha value is -1.32. The van der Waals surface area contributed by atoms with Gasteiger partial charge in [0.25, 0.3) is 0 Å². The van der Waals surface area contributed by atoms with Crippen LogP contribution in [0.4, 0.5) is 0 Å². The summed E-state index contributed by atoms with van der Waals surface area (Å²) in [4.78, 5) is 1.75. The molecule has 0 fully saturated rings. The standard InChI is InChI=1S/C11H15NO2/c1-2-12(9-11(13)14)8-10-6-4-3-5-7-10/h2-7,11,13-14H,1,8-9H2. The van der Waals surface area contributed by atoms with E-state index in [4.69, 9.17) is 10.2 Å². The summed E-state index contributed by atoms with van der Waals surface area (Å²) < 4.78 is 0. The van der Waals surface area contributed by atoms with Crippen molar-refractivity contribution in [2.24, 2.45) is 0 Å². The van der Waals surface area contributed by atoms with E-state index in [1.54, 1.807) is 11.1 Å². The Morgan fingerprint density at radius 2 is 1.93 bits per heavy atom. The van der Waals surface area contributed by atoms with Gasteiger partial charge in [-0.1, -0.05) is 36.9 Å². The van der Waals surface area contributed by atoms with Gasteiger partial charge in [-0.3, -0.25) is 0 Å². The molecule has 2 N–H and O–H groups in total. The number of aliphatic hydroxyl groups is 2. The summed E-state index contributed by atoms with van der Waals surface area (Å²) in [6, 6.07) is 9.82. The topological polar surface area (TPSA) is 43.7 Å². The van der Waals surface area contributed by atoms with Crippen LogP contribution in [-0.4, -0.2) is 27.9 Å². The highest BCUT2D eigenvalue weighted by Gasteiger charge is 2.04. The first-order valence-electron chi connectivity index (χ1n) is 4.49. The first kappa shape index (κ1) is 10.8. The highest BCUT2D eigenvalue weighted by molar-refractivity contribution is 5.14. The fraction of sp³-hybridized carbons (Fsp3) is 0.273. The van der Waals surface area contributed by atoms with E-state index in [1.807, 2.05) is 30.3 Å². The van der Waals surface area contributed by atoms with Crippen LogP contribution in [0.1, 0.15) is 5.56 Å². The van der Waals surface area contributed by atoms with Gasteiger partial charge in [0.05, 0.1) is 6.54 Å². The maximum Gasteiger partial charge on any atom is 0.169 e. The van der Waals surface area contributed by atoms with Gasteiger partial charge in [0, 0.05) is 6.54 Å². The van der Waals surface area contributed by atoms with Crippen LogP contribution in [-0.2, 0) is 6.54 Å². The second-order valence-electron chi connectivity index (χ2n) is 3.08. The summed E-state index contributed by atoms with van der Waals surface area (Å²) in [5.74, 6) is 0. The summed E-state index contributed by atoms with van der Waals surface area (Å²) in [6.07, 6.45) is 0.281. The second-order valence-corrected chi connectivity index (χ2v) is 3.08.